The summed E-state index contributed by atoms with van der Waals surface area (Å²) in [6.45, 7) is 6.71. The number of nitrogens with one attached hydrogen (secondary N) is 4. The Balaban J connectivity index is 1.34. The summed E-state index contributed by atoms with van der Waals surface area (Å²) in [5.74, 6) is 1.19. The van der Waals surface area contributed by atoms with Crippen LogP contribution in [0.4, 0.5) is 11.6 Å². The number of anilines is 2. The van der Waals surface area contributed by atoms with Crippen molar-refractivity contribution < 1.29 is 14.0 Å². The molecule has 3 aromatic rings. The van der Waals surface area contributed by atoms with Crippen LogP contribution in [0, 0.1) is 4.91 Å². The Morgan fingerprint density at radius 3 is 2.68 bits per heavy atom. The van der Waals surface area contributed by atoms with Crippen LogP contribution in [0.15, 0.2) is 49.1 Å². The zero-order valence-corrected chi connectivity index (χ0v) is 24.0. The number of pyridine rings is 2. The number of Topliss-reactive ketones (excluding diaryl/α,β-unsaturated/α-hetero) is 1. The molecule has 3 aromatic heterocycles. The van der Waals surface area contributed by atoms with Crippen molar-refractivity contribution in [2.24, 2.45) is 0 Å². The number of rotatable bonds is 15. The van der Waals surface area contributed by atoms with E-state index in [2.05, 4.69) is 43.0 Å². The Labute approximate surface area is 240 Å². The molecule has 4 heterocycles. The number of unbranched alkanes of at least 4 members (excludes halogenated alkanes) is 1. The number of hydrogen-bond acceptors (Lipinski definition) is 8. The van der Waals surface area contributed by atoms with Gasteiger partial charge in [0.05, 0.1) is 12.4 Å². The van der Waals surface area contributed by atoms with Gasteiger partial charge in [-0.3, -0.25) is 19.9 Å². The number of aryl methyl sites for hydroxylation is 2. The number of fused-ring (bicyclic) bond motifs is 1. The highest BCUT2D eigenvalue weighted by Gasteiger charge is 2.24. The van der Waals surface area contributed by atoms with Crippen LogP contribution in [0.2, 0.25) is 0 Å². The monoisotopic (exact) mass is 561 g/mol. The first-order valence-corrected chi connectivity index (χ1v) is 14.4. The van der Waals surface area contributed by atoms with Gasteiger partial charge in [0.25, 0.3) is 0 Å². The molecular formula is C30H41N8O3+. The minimum atomic E-state index is -0.535. The van der Waals surface area contributed by atoms with E-state index in [1.54, 1.807) is 36.9 Å². The quantitative estimate of drug-likeness (QED) is 0.164. The molecule has 0 fully saturated rings. The molecule has 0 bridgehead atoms. The Morgan fingerprint density at radius 2 is 1.90 bits per heavy atom. The first kappa shape index (κ1) is 29.9. The molecule has 0 aliphatic carbocycles. The summed E-state index contributed by atoms with van der Waals surface area (Å²) in [7, 11) is 0. The van der Waals surface area contributed by atoms with Crippen molar-refractivity contribution in [1.82, 2.24) is 25.2 Å². The lowest BCUT2D eigenvalue weighted by molar-refractivity contribution is -0.466. The van der Waals surface area contributed by atoms with E-state index in [0.29, 0.717) is 31.7 Å². The fourth-order valence-corrected chi connectivity index (χ4v) is 5.01. The maximum absolute atomic E-state index is 13.1. The largest absolute Gasteiger partial charge is 0.370 e. The van der Waals surface area contributed by atoms with Crippen molar-refractivity contribution in [2.45, 2.75) is 58.4 Å². The number of ketones is 1. The van der Waals surface area contributed by atoms with E-state index in [4.69, 9.17) is 4.98 Å². The van der Waals surface area contributed by atoms with Crippen LogP contribution in [-0.2, 0) is 22.4 Å². The topological polar surface area (TPSA) is 138 Å². The van der Waals surface area contributed by atoms with Crippen molar-refractivity contribution in [3.8, 4) is 11.3 Å². The summed E-state index contributed by atoms with van der Waals surface area (Å²) in [6, 6.07) is 7.30. The van der Waals surface area contributed by atoms with Gasteiger partial charge in [0.15, 0.2) is 11.8 Å². The molecule has 0 saturated carbocycles. The summed E-state index contributed by atoms with van der Waals surface area (Å²) in [5.41, 5.74) is 3.55. The Kier molecular flexibility index (Phi) is 10.9. The summed E-state index contributed by atoms with van der Waals surface area (Å²) >= 11 is 0. The smallest absolute Gasteiger partial charge is 0.336 e. The van der Waals surface area contributed by atoms with E-state index >= 15 is 0 Å². The number of nitrogens with zero attached hydrogens (tertiary/aromatic N) is 4. The standard InChI is InChI=1S/C30H40N8O3/c1-22(39)27(36-29-21-32-20-28(38(29)41)24-10-14-31-15-11-24)12-18-37(19-16-33-23(2)40)17-4-3-7-26-9-8-25-6-5-13-34-30(25)35-26/h8-11,14-15,20-21,27,36H,3-7,12-13,16-19H2,1-2H3,(H2-,31,32,33,34,35,40,41)/p+1/t27-/m0/s1. The number of hydrogen-bond donors (Lipinski definition) is 4. The molecule has 1 atom stereocenters. The Hall–Kier alpha value is -4.12. The summed E-state index contributed by atoms with van der Waals surface area (Å²) in [6.07, 6.45) is 12.1. The van der Waals surface area contributed by atoms with Gasteiger partial charge in [-0.05, 0) is 69.3 Å². The molecule has 4 rings (SSSR count). The van der Waals surface area contributed by atoms with E-state index < -0.39 is 6.04 Å². The summed E-state index contributed by atoms with van der Waals surface area (Å²) in [4.78, 5) is 51.2. The van der Waals surface area contributed by atoms with E-state index in [9.17, 15) is 14.5 Å². The van der Waals surface area contributed by atoms with Gasteiger partial charge < -0.3 is 20.5 Å². The summed E-state index contributed by atoms with van der Waals surface area (Å²) < 4.78 is 0.792. The normalized spacial score (nSPS) is 13.2. The predicted molar refractivity (Wildman–Crippen MR) is 159 cm³/mol. The average molecular weight is 562 g/mol. The van der Waals surface area contributed by atoms with Crippen molar-refractivity contribution >= 4 is 23.3 Å². The number of H-pyrrole nitrogens is 1. The highest BCUT2D eigenvalue weighted by molar-refractivity contribution is 5.83. The maximum atomic E-state index is 13.1. The number of carbonyl (C=O) groups is 2. The number of aromatic amines is 1. The number of amides is 1. The minimum Gasteiger partial charge on any atom is -0.370 e. The minimum absolute atomic E-state index is 0.0479. The molecule has 0 aromatic carbocycles. The molecule has 4 N–H and O–H groups in total. The second-order valence-electron chi connectivity index (χ2n) is 10.5. The number of carbonyl (C=O) groups excluding carboxylic acids is 2. The number of aromatic nitrogens is 4. The Morgan fingerprint density at radius 1 is 1.07 bits per heavy atom. The van der Waals surface area contributed by atoms with E-state index in [1.807, 2.05) is 0 Å². The first-order valence-electron chi connectivity index (χ1n) is 14.4. The third-order valence-corrected chi connectivity index (χ3v) is 7.31. The lowest BCUT2D eigenvalue weighted by Gasteiger charge is -2.24. The van der Waals surface area contributed by atoms with Gasteiger partial charge >= 0.3 is 5.82 Å². The lowest BCUT2D eigenvalue weighted by atomic mass is 10.1. The van der Waals surface area contributed by atoms with Gasteiger partial charge in [-0.25, -0.2) is 4.98 Å². The molecule has 41 heavy (non-hydrogen) atoms. The molecule has 0 spiro atoms. The predicted octanol–water partition coefficient (Wildman–Crippen LogP) is 2.96. The van der Waals surface area contributed by atoms with Gasteiger partial charge in [-0.1, -0.05) is 11.0 Å². The van der Waals surface area contributed by atoms with Crippen molar-refractivity contribution in [3.05, 3.63) is 65.2 Å². The van der Waals surface area contributed by atoms with Crippen LogP contribution in [0.5, 0.6) is 0 Å². The molecule has 0 radical (unpaired) electrons. The molecule has 1 aliphatic heterocycles. The fraction of sp³-hybridized carbons (Fsp3) is 0.467. The zero-order chi connectivity index (χ0) is 29.0. The second-order valence-corrected chi connectivity index (χ2v) is 10.5. The molecule has 11 heteroatoms. The highest BCUT2D eigenvalue weighted by atomic mass is 16.3. The van der Waals surface area contributed by atoms with E-state index in [-0.39, 0.29) is 17.5 Å². The SMILES string of the molecule is CC(=O)NCCN(CCCCc1ccc2c(n1)NCCC2)CC[C@H](Nc1c[nH]cc(-c2ccncc2)[n+]1=O)C(C)=O. The molecular weight excluding hydrogens is 520 g/mol. The Bertz CT molecular complexity index is 1360. The third-order valence-electron chi connectivity index (χ3n) is 7.31. The molecule has 0 saturated heterocycles. The fourth-order valence-electron chi connectivity index (χ4n) is 5.01. The molecule has 0 unspecified atom stereocenters. The second kappa shape index (κ2) is 15.0. The maximum Gasteiger partial charge on any atom is 0.336 e. The van der Waals surface area contributed by atoms with E-state index in [0.717, 1.165) is 66.7 Å². The van der Waals surface area contributed by atoms with Crippen LogP contribution >= 0.6 is 0 Å². The molecule has 11 nitrogen and oxygen atoms in total. The van der Waals surface area contributed by atoms with Gasteiger partial charge in [0.1, 0.15) is 5.82 Å². The van der Waals surface area contributed by atoms with Crippen molar-refractivity contribution in [3.63, 3.8) is 0 Å². The van der Waals surface area contributed by atoms with E-state index in [1.165, 1.54) is 19.4 Å². The summed E-state index contributed by atoms with van der Waals surface area (Å²) in [5, 5.41) is 9.41. The van der Waals surface area contributed by atoms with Gasteiger partial charge in [0.2, 0.25) is 11.6 Å². The average Bonchev–Trinajstić information content (AvgIpc) is 2.97. The van der Waals surface area contributed by atoms with Crippen LogP contribution in [0.1, 0.15) is 50.8 Å². The van der Waals surface area contributed by atoms with Crippen LogP contribution < -0.4 is 20.4 Å². The zero-order valence-electron chi connectivity index (χ0n) is 24.0. The molecule has 1 amide bonds. The van der Waals surface area contributed by atoms with Crippen LogP contribution in [-0.4, -0.2) is 70.3 Å². The van der Waals surface area contributed by atoms with Crippen molar-refractivity contribution in [2.75, 3.05) is 43.4 Å². The molecule has 218 valence electrons. The highest BCUT2D eigenvalue weighted by Crippen LogP contribution is 2.20. The van der Waals surface area contributed by atoms with Gasteiger partial charge in [-0.2, -0.15) is 0 Å². The van der Waals surface area contributed by atoms with Gasteiger partial charge in [-0.15, -0.1) is 0 Å². The van der Waals surface area contributed by atoms with Crippen LogP contribution in [0.3, 0.4) is 0 Å². The lowest BCUT2D eigenvalue weighted by Crippen LogP contribution is -2.39. The van der Waals surface area contributed by atoms with Crippen molar-refractivity contribution in [1.29, 1.82) is 0 Å². The van der Waals surface area contributed by atoms with Crippen LogP contribution in [0.25, 0.3) is 11.3 Å². The first-order chi connectivity index (χ1) is 19.9. The molecule has 1 aliphatic rings. The third kappa shape index (κ3) is 8.94. The van der Waals surface area contributed by atoms with Gasteiger partial charge in [0, 0.05) is 67.6 Å².